The molecule has 0 saturated carbocycles. The minimum Gasteiger partial charge on any atom is -0.453 e. The Bertz CT molecular complexity index is 1010. The normalized spacial score (nSPS) is 12.6. The molecule has 7 heteroatoms. The van der Waals surface area contributed by atoms with Gasteiger partial charge >= 0.3 is 5.97 Å². The summed E-state index contributed by atoms with van der Waals surface area (Å²) in [5.74, 6) is -0.299. The number of esters is 1. The molecular weight excluding hydrogens is 362 g/mol. The number of rotatable bonds is 5. The molecule has 0 bridgehead atoms. The number of thiazole rings is 1. The van der Waals surface area contributed by atoms with Crippen molar-refractivity contribution >= 4 is 23.1 Å². The largest absolute Gasteiger partial charge is 0.453 e. The number of hydrogen-bond donors (Lipinski definition) is 0. The summed E-state index contributed by atoms with van der Waals surface area (Å²) in [6, 6.07) is 7.44. The maximum absolute atomic E-state index is 12.4. The van der Waals surface area contributed by atoms with E-state index >= 15 is 0 Å². The van der Waals surface area contributed by atoms with Crippen LogP contribution in [-0.4, -0.2) is 33.3 Å². The summed E-state index contributed by atoms with van der Waals surface area (Å²) in [6.07, 6.45) is 6.43. The van der Waals surface area contributed by atoms with Crippen LogP contribution < -0.4 is 0 Å². The van der Waals surface area contributed by atoms with Gasteiger partial charge < -0.3 is 4.74 Å². The average molecular weight is 379 g/mol. The van der Waals surface area contributed by atoms with Gasteiger partial charge in [0.25, 0.3) is 0 Å². The van der Waals surface area contributed by atoms with E-state index in [-0.39, 0.29) is 12.4 Å². The summed E-state index contributed by atoms with van der Waals surface area (Å²) in [5, 5.41) is 0.546. The van der Waals surface area contributed by atoms with E-state index in [9.17, 15) is 9.59 Å². The number of carbonyl (C=O) groups excluding carboxylic acids is 2. The summed E-state index contributed by atoms with van der Waals surface area (Å²) in [4.78, 5) is 37.7. The van der Waals surface area contributed by atoms with Gasteiger partial charge in [-0.15, -0.1) is 11.3 Å². The molecule has 0 atom stereocenters. The monoisotopic (exact) mass is 379 g/mol. The highest BCUT2D eigenvalue weighted by Crippen LogP contribution is 2.26. The summed E-state index contributed by atoms with van der Waals surface area (Å²) in [7, 11) is 0. The molecule has 0 radical (unpaired) electrons. The zero-order valence-electron chi connectivity index (χ0n) is 14.8. The highest BCUT2D eigenvalue weighted by molar-refractivity contribution is 7.16. The van der Waals surface area contributed by atoms with Crippen LogP contribution in [0.15, 0.2) is 36.7 Å². The molecule has 6 nitrogen and oxygen atoms in total. The fourth-order valence-electron chi connectivity index (χ4n) is 3.12. The van der Waals surface area contributed by atoms with Crippen LogP contribution in [0.1, 0.15) is 43.3 Å². The lowest BCUT2D eigenvalue weighted by molar-refractivity contribution is 0.0478. The maximum atomic E-state index is 12.4. The topological polar surface area (TPSA) is 82.0 Å². The Hall–Kier alpha value is -2.93. The molecule has 1 aromatic carbocycles. The van der Waals surface area contributed by atoms with Gasteiger partial charge in [-0.2, -0.15) is 0 Å². The second-order valence-electron chi connectivity index (χ2n) is 6.34. The zero-order valence-corrected chi connectivity index (χ0v) is 15.6. The Kier molecular flexibility index (Phi) is 4.77. The van der Waals surface area contributed by atoms with Gasteiger partial charge in [-0.05, 0) is 49.4 Å². The van der Waals surface area contributed by atoms with Gasteiger partial charge in [-0.3, -0.25) is 4.79 Å². The van der Waals surface area contributed by atoms with Crippen molar-refractivity contribution in [2.75, 3.05) is 6.61 Å². The lowest BCUT2D eigenvalue weighted by atomic mass is 10.0. The van der Waals surface area contributed by atoms with E-state index in [1.807, 2.05) is 18.2 Å². The Balaban J connectivity index is 1.44. The predicted octanol–water partition coefficient (Wildman–Crippen LogP) is 3.44. The first-order valence-electron chi connectivity index (χ1n) is 8.69. The average Bonchev–Trinajstić information content (AvgIpc) is 3.32. The highest BCUT2D eigenvalue weighted by atomic mass is 32.1. The highest BCUT2D eigenvalue weighted by Gasteiger charge is 2.20. The molecule has 1 aliphatic carbocycles. The number of carbonyl (C=O) groups is 2. The molecule has 1 aliphatic rings. The molecule has 0 fully saturated rings. The van der Waals surface area contributed by atoms with Crippen LogP contribution in [-0.2, 0) is 17.6 Å². The van der Waals surface area contributed by atoms with Crippen LogP contribution in [0.25, 0.3) is 10.8 Å². The lowest BCUT2D eigenvalue weighted by Crippen LogP contribution is -2.14. The SMILES string of the molecule is Cc1nc(-c2ncccn2)sc1C(=O)OCC(=O)c1ccc2c(c1)CCC2. The molecule has 0 N–H and O–H groups in total. The van der Waals surface area contributed by atoms with Gasteiger partial charge in [-0.25, -0.2) is 19.7 Å². The molecule has 0 aliphatic heterocycles. The Morgan fingerprint density at radius 2 is 1.93 bits per heavy atom. The van der Waals surface area contributed by atoms with Crippen LogP contribution in [0.2, 0.25) is 0 Å². The number of Topliss-reactive ketones (excluding diaryl/α,β-unsaturated/α-hetero) is 1. The minimum atomic E-state index is -0.554. The molecule has 0 spiro atoms. The Morgan fingerprint density at radius 1 is 1.15 bits per heavy atom. The third kappa shape index (κ3) is 3.64. The van der Waals surface area contributed by atoms with Gasteiger partial charge in [-0.1, -0.05) is 12.1 Å². The van der Waals surface area contributed by atoms with Crippen molar-refractivity contribution < 1.29 is 14.3 Å². The van der Waals surface area contributed by atoms with Crippen LogP contribution in [0, 0.1) is 6.92 Å². The van der Waals surface area contributed by atoms with Crippen LogP contribution in [0.3, 0.4) is 0 Å². The van der Waals surface area contributed by atoms with Crippen molar-refractivity contribution in [1.82, 2.24) is 15.0 Å². The number of aromatic nitrogens is 3. The number of aryl methyl sites for hydroxylation is 3. The first kappa shape index (κ1) is 17.5. The molecule has 2 heterocycles. The second kappa shape index (κ2) is 7.36. The number of ketones is 1. The van der Waals surface area contributed by atoms with Crippen molar-refractivity contribution in [1.29, 1.82) is 0 Å². The second-order valence-corrected chi connectivity index (χ2v) is 7.34. The van der Waals surface area contributed by atoms with Gasteiger partial charge in [0.1, 0.15) is 4.88 Å². The fourth-order valence-corrected chi connectivity index (χ4v) is 4.02. The number of hydrogen-bond acceptors (Lipinski definition) is 7. The first-order valence-corrected chi connectivity index (χ1v) is 9.50. The van der Waals surface area contributed by atoms with E-state index in [4.69, 9.17) is 4.74 Å². The van der Waals surface area contributed by atoms with Crippen molar-refractivity contribution in [3.63, 3.8) is 0 Å². The smallest absolute Gasteiger partial charge is 0.350 e. The standard InChI is InChI=1S/C20H17N3O3S/c1-12-17(27-19(23-12)18-21-8-3-9-22-18)20(25)26-11-16(24)15-7-6-13-4-2-5-14(13)10-15/h3,6-10H,2,4-5,11H2,1H3. The summed E-state index contributed by atoms with van der Waals surface area (Å²) >= 11 is 1.16. The zero-order chi connectivity index (χ0) is 18.8. The van der Waals surface area contributed by atoms with Crippen LogP contribution >= 0.6 is 11.3 Å². The number of ether oxygens (including phenoxy) is 1. The van der Waals surface area contributed by atoms with Gasteiger partial charge in [0, 0.05) is 18.0 Å². The first-order chi connectivity index (χ1) is 13.1. The van der Waals surface area contributed by atoms with Gasteiger partial charge in [0.2, 0.25) is 0 Å². The lowest BCUT2D eigenvalue weighted by Gasteiger charge is -2.05. The minimum absolute atomic E-state index is 0.202. The Labute approximate surface area is 160 Å². The molecule has 0 amide bonds. The van der Waals surface area contributed by atoms with E-state index < -0.39 is 5.97 Å². The molecule has 0 saturated heterocycles. The maximum Gasteiger partial charge on any atom is 0.350 e. The molecule has 4 rings (SSSR count). The van der Waals surface area contributed by atoms with E-state index in [1.165, 1.54) is 11.1 Å². The third-order valence-electron chi connectivity index (χ3n) is 4.49. The van der Waals surface area contributed by atoms with Crippen molar-refractivity contribution in [3.05, 3.63) is 63.9 Å². The molecular formula is C20H17N3O3S. The molecule has 136 valence electrons. The summed E-state index contributed by atoms with van der Waals surface area (Å²) < 4.78 is 5.23. The van der Waals surface area contributed by atoms with Crippen molar-refractivity contribution in [2.24, 2.45) is 0 Å². The van der Waals surface area contributed by atoms with E-state index in [1.54, 1.807) is 25.4 Å². The molecule has 2 aromatic heterocycles. The summed E-state index contributed by atoms with van der Waals surface area (Å²) in [6.45, 7) is 1.44. The van der Waals surface area contributed by atoms with Gasteiger partial charge in [0.05, 0.1) is 5.69 Å². The Morgan fingerprint density at radius 3 is 2.74 bits per heavy atom. The van der Waals surface area contributed by atoms with E-state index in [2.05, 4.69) is 15.0 Å². The van der Waals surface area contributed by atoms with E-state index in [0.717, 1.165) is 30.6 Å². The fraction of sp³-hybridized carbons (Fsp3) is 0.250. The molecule has 27 heavy (non-hydrogen) atoms. The number of fused-ring (bicyclic) bond motifs is 1. The third-order valence-corrected chi connectivity index (χ3v) is 5.63. The van der Waals surface area contributed by atoms with Gasteiger partial charge in [0.15, 0.2) is 23.2 Å². The van der Waals surface area contributed by atoms with Crippen molar-refractivity contribution in [3.8, 4) is 10.8 Å². The van der Waals surface area contributed by atoms with Crippen LogP contribution in [0.5, 0.6) is 0 Å². The van der Waals surface area contributed by atoms with Crippen molar-refractivity contribution in [2.45, 2.75) is 26.2 Å². The quantitative estimate of drug-likeness (QED) is 0.499. The molecule has 0 unspecified atom stereocenters. The predicted molar refractivity (Wildman–Crippen MR) is 101 cm³/mol. The number of benzene rings is 1. The molecule has 3 aromatic rings. The van der Waals surface area contributed by atoms with E-state index in [0.29, 0.717) is 27.0 Å². The van der Waals surface area contributed by atoms with Crippen LogP contribution in [0.4, 0.5) is 0 Å². The summed E-state index contributed by atoms with van der Waals surface area (Å²) in [5.41, 5.74) is 3.65. The number of nitrogens with zero attached hydrogens (tertiary/aromatic N) is 3.